The van der Waals surface area contributed by atoms with Crippen LogP contribution < -0.4 is 19.4 Å². The molecule has 4 nitrogen and oxygen atoms in total. The van der Waals surface area contributed by atoms with Crippen molar-refractivity contribution in [1.82, 2.24) is 0 Å². The minimum atomic E-state index is -2.06. The van der Waals surface area contributed by atoms with Gasteiger partial charge in [0.05, 0.1) is 29.4 Å². The van der Waals surface area contributed by atoms with E-state index in [1.54, 1.807) is 21.3 Å². The van der Waals surface area contributed by atoms with Crippen LogP contribution in [0.3, 0.4) is 0 Å². The van der Waals surface area contributed by atoms with E-state index in [1.165, 1.54) is 16.1 Å². The summed E-state index contributed by atoms with van der Waals surface area (Å²) in [6, 6.07) is 24.9. The van der Waals surface area contributed by atoms with E-state index in [-0.39, 0.29) is 5.78 Å². The molecule has 40 heavy (non-hydrogen) atoms. The Labute approximate surface area is 235 Å². The zero-order chi connectivity index (χ0) is 27.9. The molecule has 2 aliphatic carbocycles. The van der Waals surface area contributed by atoms with Gasteiger partial charge in [0.25, 0.3) is 0 Å². The fourth-order valence-corrected chi connectivity index (χ4v) is 8.71. The Kier molecular flexibility index (Phi) is 5.29. The van der Waals surface area contributed by atoms with Gasteiger partial charge < -0.3 is 14.2 Å². The molecule has 5 heteroatoms. The minimum Gasteiger partial charge on any atom is -0.497 e. The van der Waals surface area contributed by atoms with E-state index in [0.717, 1.165) is 61.2 Å². The monoisotopic (exact) mass is 542 g/mol. The Morgan fingerprint density at radius 3 is 1.77 bits per heavy atom. The van der Waals surface area contributed by atoms with Crippen LogP contribution in [0.1, 0.15) is 15.9 Å². The topological polar surface area (TPSA) is 44.8 Å². The summed E-state index contributed by atoms with van der Waals surface area (Å²) in [5, 5.41) is 3.55. The highest BCUT2D eigenvalue weighted by Crippen LogP contribution is 2.56. The average molecular weight is 543 g/mol. The summed E-state index contributed by atoms with van der Waals surface area (Å²) in [5.41, 5.74) is 10.5. The van der Waals surface area contributed by atoms with Crippen molar-refractivity contribution in [2.45, 2.75) is 19.6 Å². The smallest absolute Gasteiger partial charge is 0.194 e. The number of rotatable bonds is 5. The molecule has 0 fully saturated rings. The number of carbonyl (C=O) groups excluding carboxylic acids is 1. The Morgan fingerprint density at radius 1 is 0.550 bits per heavy atom. The minimum absolute atomic E-state index is 0.126. The Bertz CT molecular complexity index is 1900. The fourth-order valence-electron chi connectivity index (χ4n) is 6.72. The lowest BCUT2D eigenvalue weighted by Crippen LogP contribution is -2.42. The third-order valence-electron chi connectivity index (χ3n) is 8.36. The predicted octanol–water partition coefficient (Wildman–Crippen LogP) is 7.94. The van der Waals surface area contributed by atoms with Crippen LogP contribution in [-0.4, -0.2) is 35.2 Å². The van der Waals surface area contributed by atoms with Gasteiger partial charge in [0.2, 0.25) is 0 Å². The molecule has 0 N–H and O–H groups in total. The zero-order valence-corrected chi connectivity index (χ0v) is 24.6. The lowest BCUT2D eigenvalue weighted by molar-refractivity contribution is 0.104. The molecule has 0 saturated carbocycles. The summed E-state index contributed by atoms with van der Waals surface area (Å²) in [4.78, 5) is 14.3. The molecular weight excluding hydrogens is 512 g/mol. The average Bonchev–Trinajstić information content (AvgIpc) is 3.44. The van der Waals surface area contributed by atoms with E-state index < -0.39 is 8.07 Å². The number of methoxy groups -OCH3 is 3. The number of hydrogen-bond donors (Lipinski definition) is 0. The standard InChI is InChI=1S/C35H30O4Si/c1-37-20-13-11-19(12-14-20)21-15-16-23-25-17-27(38-2)28(39-3)18-26(25)32-30(23)29(21)31-22-9-7-8-10-24(22)34(36)33(31)35(32)40(4,5)6/h7-18H,1-6H3. The number of benzene rings is 5. The lowest BCUT2D eigenvalue weighted by atomic mass is 9.87. The summed E-state index contributed by atoms with van der Waals surface area (Å²) in [7, 11) is 2.97. The van der Waals surface area contributed by atoms with Gasteiger partial charge >= 0.3 is 0 Å². The second kappa shape index (κ2) is 8.57. The van der Waals surface area contributed by atoms with E-state index in [9.17, 15) is 4.79 Å². The van der Waals surface area contributed by atoms with Crippen LogP contribution in [0.4, 0.5) is 0 Å². The van der Waals surface area contributed by atoms with Crippen LogP contribution in [0, 0.1) is 0 Å². The second-order valence-corrected chi connectivity index (χ2v) is 16.5. The highest BCUT2D eigenvalue weighted by molar-refractivity contribution is 6.91. The van der Waals surface area contributed by atoms with Gasteiger partial charge in [0, 0.05) is 16.7 Å². The van der Waals surface area contributed by atoms with Gasteiger partial charge in [-0.25, -0.2) is 0 Å². The first-order valence-electron chi connectivity index (χ1n) is 13.5. The molecule has 198 valence electrons. The van der Waals surface area contributed by atoms with Gasteiger partial charge in [-0.15, -0.1) is 0 Å². The highest BCUT2D eigenvalue weighted by Gasteiger charge is 2.41. The molecule has 2 aliphatic rings. The van der Waals surface area contributed by atoms with Gasteiger partial charge in [0.15, 0.2) is 17.3 Å². The van der Waals surface area contributed by atoms with Crippen molar-refractivity contribution < 1.29 is 19.0 Å². The molecular formula is C35H30O4Si. The van der Waals surface area contributed by atoms with Gasteiger partial charge in [-0.05, 0) is 79.2 Å². The van der Waals surface area contributed by atoms with Crippen molar-refractivity contribution in [3.63, 3.8) is 0 Å². The van der Waals surface area contributed by atoms with E-state index in [4.69, 9.17) is 14.2 Å². The van der Waals surface area contributed by atoms with Crippen molar-refractivity contribution in [2.75, 3.05) is 21.3 Å². The molecule has 5 aromatic rings. The molecule has 0 radical (unpaired) electrons. The van der Waals surface area contributed by atoms with Gasteiger partial charge in [-0.3, -0.25) is 4.79 Å². The maximum Gasteiger partial charge on any atom is 0.194 e. The predicted molar refractivity (Wildman–Crippen MR) is 165 cm³/mol. The van der Waals surface area contributed by atoms with E-state index in [2.05, 4.69) is 62.1 Å². The normalized spacial score (nSPS) is 12.8. The van der Waals surface area contributed by atoms with Crippen molar-refractivity contribution in [3.05, 3.63) is 83.9 Å². The molecule has 7 rings (SSSR count). The largest absolute Gasteiger partial charge is 0.497 e. The molecule has 0 amide bonds. The molecule has 0 atom stereocenters. The first-order valence-corrected chi connectivity index (χ1v) is 17.0. The number of hydrogen-bond acceptors (Lipinski definition) is 4. The zero-order valence-electron chi connectivity index (χ0n) is 23.6. The Morgan fingerprint density at radius 2 is 1.15 bits per heavy atom. The Hall–Kier alpha value is -4.35. The summed E-state index contributed by atoms with van der Waals surface area (Å²) >= 11 is 0. The third-order valence-corrected chi connectivity index (χ3v) is 10.4. The highest BCUT2D eigenvalue weighted by atomic mass is 28.3. The maximum atomic E-state index is 14.3. The maximum absolute atomic E-state index is 14.3. The summed E-state index contributed by atoms with van der Waals surface area (Å²) in [6.07, 6.45) is 0. The van der Waals surface area contributed by atoms with Gasteiger partial charge in [-0.2, -0.15) is 0 Å². The molecule has 5 aromatic carbocycles. The first kappa shape index (κ1) is 24.7. The van der Waals surface area contributed by atoms with Crippen molar-refractivity contribution >= 4 is 29.8 Å². The number of fused-ring (bicyclic) bond motifs is 7. The van der Waals surface area contributed by atoms with Crippen LogP contribution in [0.2, 0.25) is 19.6 Å². The number of ether oxygens (including phenoxy) is 3. The fraction of sp³-hybridized carbons (Fsp3) is 0.171. The third kappa shape index (κ3) is 3.21. The van der Waals surface area contributed by atoms with E-state index in [0.29, 0.717) is 11.5 Å². The molecule has 0 heterocycles. The molecule has 0 aliphatic heterocycles. The van der Waals surface area contributed by atoms with Crippen LogP contribution >= 0.6 is 0 Å². The van der Waals surface area contributed by atoms with Crippen LogP contribution in [0.25, 0.3) is 55.3 Å². The molecule has 0 unspecified atom stereocenters. The number of ketones is 1. The summed E-state index contributed by atoms with van der Waals surface area (Å²) in [5.74, 6) is 2.33. The van der Waals surface area contributed by atoms with Crippen LogP contribution in [-0.2, 0) is 0 Å². The van der Waals surface area contributed by atoms with Crippen LogP contribution in [0.5, 0.6) is 17.2 Å². The quantitative estimate of drug-likeness (QED) is 0.207. The van der Waals surface area contributed by atoms with E-state index in [1.807, 2.05) is 30.3 Å². The van der Waals surface area contributed by atoms with Crippen molar-refractivity contribution in [1.29, 1.82) is 0 Å². The summed E-state index contributed by atoms with van der Waals surface area (Å²) < 4.78 is 16.9. The molecule has 0 bridgehead atoms. The lowest BCUT2D eigenvalue weighted by Gasteiger charge is -2.26. The summed E-state index contributed by atoms with van der Waals surface area (Å²) in [6.45, 7) is 7.02. The van der Waals surface area contributed by atoms with Crippen LogP contribution in [0.15, 0.2) is 72.8 Å². The van der Waals surface area contributed by atoms with Crippen molar-refractivity contribution in [3.8, 4) is 61.8 Å². The molecule has 0 saturated heterocycles. The molecule has 0 spiro atoms. The van der Waals surface area contributed by atoms with Crippen molar-refractivity contribution in [2.24, 2.45) is 0 Å². The number of carbonyl (C=O) groups is 1. The van der Waals surface area contributed by atoms with E-state index >= 15 is 0 Å². The Balaban J connectivity index is 1.72. The first-order chi connectivity index (χ1) is 19.3. The SMILES string of the molecule is COc1ccc(-c2ccc3c4c(c([Si](C)(C)C)c5c(c24)-c2ccccc2C5=O)-c2cc(OC)c(OC)cc2-3)cc1. The molecule has 0 aromatic heterocycles. The second-order valence-electron chi connectivity index (χ2n) is 11.5. The van der Waals surface area contributed by atoms with Gasteiger partial charge in [-0.1, -0.05) is 68.2 Å². The van der Waals surface area contributed by atoms with Gasteiger partial charge in [0.1, 0.15) is 5.75 Å².